The molecule has 0 spiro atoms. The van der Waals surface area contributed by atoms with Crippen LogP contribution < -0.4 is 16.4 Å². The van der Waals surface area contributed by atoms with E-state index in [0.29, 0.717) is 22.9 Å². The predicted octanol–water partition coefficient (Wildman–Crippen LogP) is 6.24. The molecule has 5 amide bonds. The fourth-order valence-electron chi connectivity index (χ4n) is 7.79. The van der Waals surface area contributed by atoms with Gasteiger partial charge in [-0.3, -0.25) is 19.4 Å². The van der Waals surface area contributed by atoms with E-state index in [-0.39, 0.29) is 55.8 Å². The number of anilines is 2. The van der Waals surface area contributed by atoms with Crippen molar-refractivity contribution in [1.29, 1.82) is 0 Å². The van der Waals surface area contributed by atoms with E-state index in [1.807, 2.05) is 123 Å². The fraction of sp³-hybridized carbons (Fsp3) is 0.233. The van der Waals surface area contributed by atoms with Crippen LogP contribution in [0.3, 0.4) is 0 Å². The summed E-state index contributed by atoms with van der Waals surface area (Å²) < 4.78 is 0.925. The molecule has 2 aliphatic heterocycles. The van der Waals surface area contributed by atoms with Gasteiger partial charge in [0.1, 0.15) is 12.2 Å². The molecular weight excluding hydrogens is 725 g/mol. The first-order valence-corrected chi connectivity index (χ1v) is 19.5. The normalized spacial score (nSPS) is 17.1. The number of urea groups is 1. The molecule has 8 rings (SSSR count). The van der Waals surface area contributed by atoms with Crippen LogP contribution in [0.25, 0.3) is 21.0 Å². The van der Waals surface area contributed by atoms with Gasteiger partial charge in [0.15, 0.2) is 5.13 Å². The molecule has 1 aromatic heterocycles. The molecule has 284 valence electrons. The van der Waals surface area contributed by atoms with E-state index in [0.717, 1.165) is 37.7 Å². The highest BCUT2D eigenvalue weighted by Crippen LogP contribution is 2.33. The maximum Gasteiger partial charge on any atom is 0.332 e. The summed E-state index contributed by atoms with van der Waals surface area (Å²) in [7, 11) is 0. The van der Waals surface area contributed by atoms with Crippen molar-refractivity contribution in [2.24, 2.45) is 0 Å². The minimum absolute atomic E-state index is 0.0590. The number of nitrogens with zero attached hydrogens (tertiary/aromatic N) is 5. The molecule has 6 aromatic rings. The lowest BCUT2D eigenvalue weighted by Crippen LogP contribution is -2.66. The van der Waals surface area contributed by atoms with E-state index < -0.39 is 12.2 Å². The number of hydrazine groups is 1. The van der Waals surface area contributed by atoms with Crippen LogP contribution in [0.4, 0.5) is 15.6 Å². The Morgan fingerprint density at radius 1 is 0.893 bits per heavy atom. The standard InChI is InChI=1S/C43H42N8O4S/c1-27(2)51(43(55)45-23-29-10-4-3-5-11-29)49-26-38(52)50-35(41(54)48(25-37(49)50)24-31-14-9-17-36-39(31)47-42(44)56-36)22-28-18-20-32(21-19-28)46-40(53)34-16-8-13-30-12-6-7-15-33(30)34/h3-21,27,35,37H,22-26H2,1-2H3,(H2,44,47)(H,45,55)(H,46,53)/t35-,37+/m0/s1. The molecule has 0 bridgehead atoms. The van der Waals surface area contributed by atoms with E-state index in [2.05, 4.69) is 15.6 Å². The van der Waals surface area contributed by atoms with Gasteiger partial charge in [-0.15, -0.1) is 0 Å². The molecule has 0 radical (unpaired) electrons. The summed E-state index contributed by atoms with van der Waals surface area (Å²) in [6.45, 7) is 4.52. The first kappa shape index (κ1) is 36.7. The van der Waals surface area contributed by atoms with Crippen molar-refractivity contribution in [3.05, 3.63) is 138 Å². The number of aromatic nitrogens is 1. The number of hydrogen-bond donors (Lipinski definition) is 3. The molecule has 4 N–H and O–H groups in total. The summed E-state index contributed by atoms with van der Waals surface area (Å²) in [6, 6.07) is 34.8. The van der Waals surface area contributed by atoms with Crippen LogP contribution in [0.2, 0.25) is 0 Å². The van der Waals surface area contributed by atoms with Gasteiger partial charge in [0, 0.05) is 36.8 Å². The number of thiazole rings is 1. The number of rotatable bonds is 10. The molecule has 2 fully saturated rings. The zero-order valence-corrected chi connectivity index (χ0v) is 31.9. The van der Waals surface area contributed by atoms with Crippen LogP contribution in [-0.4, -0.2) is 79.9 Å². The third-order valence-corrected chi connectivity index (χ3v) is 11.2. The highest BCUT2D eigenvalue weighted by Gasteiger charge is 2.52. The molecule has 0 aliphatic carbocycles. The summed E-state index contributed by atoms with van der Waals surface area (Å²) in [5.74, 6) is -0.657. The first-order valence-electron chi connectivity index (χ1n) is 18.6. The van der Waals surface area contributed by atoms with Gasteiger partial charge in [-0.2, -0.15) is 5.01 Å². The Morgan fingerprint density at radius 3 is 2.41 bits per heavy atom. The van der Waals surface area contributed by atoms with Crippen LogP contribution in [0.15, 0.2) is 115 Å². The van der Waals surface area contributed by atoms with Gasteiger partial charge >= 0.3 is 6.03 Å². The minimum atomic E-state index is -0.844. The van der Waals surface area contributed by atoms with Crippen LogP contribution in [0.1, 0.15) is 40.9 Å². The molecule has 2 atom stereocenters. The molecule has 12 nitrogen and oxygen atoms in total. The summed E-state index contributed by atoms with van der Waals surface area (Å²) in [5.41, 5.74) is 10.6. The van der Waals surface area contributed by atoms with Crippen molar-refractivity contribution < 1.29 is 19.2 Å². The number of piperazine rings is 1. The summed E-state index contributed by atoms with van der Waals surface area (Å²) >= 11 is 1.39. The third-order valence-electron chi connectivity index (χ3n) is 10.4. The van der Waals surface area contributed by atoms with Crippen molar-refractivity contribution in [3.63, 3.8) is 0 Å². The number of hydrogen-bond acceptors (Lipinski definition) is 8. The number of nitrogen functional groups attached to an aromatic ring is 1. The number of para-hydroxylation sites is 1. The van der Waals surface area contributed by atoms with Crippen molar-refractivity contribution in [2.75, 3.05) is 24.1 Å². The molecule has 2 saturated heterocycles. The SMILES string of the molecule is CC(C)N(C(=O)NCc1ccccc1)N1CC(=O)N2[C@@H](Cc3ccc(NC(=O)c4cccc5ccccc45)cc3)C(=O)N(Cc3cccc4sc(N)nc34)C[C@@H]21. The number of amides is 5. The highest BCUT2D eigenvalue weighted by molar-refractivity contribution is 7.22. The average molecular weight is 767 g/mol. The van der Waals surface area contributed by atoms with Crippen molar-refractivity contribution >= 4 is 66.9 Å². The van der Waals surface area contributed by atoms with E-state index >= 15 is 0 Å². The Hall–Kier alpha value is -6.31. The lowest BCUT2D eigenvalue weighted by molar-refractivity contribution is -0.158. The number of carbonyl (C=O) groups is 4. The van der Waals surface area contributed by atoms with Crippen molar-refractivity contribution in [1.82, 2.24) is 30.1 Å². The Bertz CT molecular complexity index is 2430. The molecular formula is C43H42N8O4S. The topological polar surface area (TPSA) is 144 Å². The lowest BCUT2D eigenvalue weighted by Gasteiger charge is -2.47. The van der Waals surface area contributed by atoms with E-state index in [4.69, 9.17) is 5.73 Å². The largest absolute Gasteiger partial charge is 0.375 e. The molecule has 3 heterocycles. The minimum Gasteiger partial charge on any atom is -0.375 e. The van der Waals surface area contributed by atoms with Gasteiger partial charge in [0.2, 0.25) is 11.8 Å². The second-order valence-corrected chi connectivity index (χ2v) is 15.5. The van der Waals surface area contributed by atoms with Gasteiger partial charge in [-0.05, 0) is 65.6 Å². The highest BCUT2D eigenvalue weighted by atomic mass is 32.1. The van der Waals surface area contributed by atoms with Crippen LogP contribution in [0, 0.1) is 0 Å². The van der Waals surface area contributed by atoms with Gasteiger partial charge in [0.05, 0.1) is 23.3 Å². The van der Waals surface area contributed by atoms with E-state index in [1.165, 1.54) is 11.3 Å². The van der Waals surface area contributed by atoms with Crippen LogP contribution >= 0.6 is 11.3 Å². The van der Waals surface area contributed by atoms with E-state index in [1.54, 1.807) is 25.9 Å². The molecule has 5 aromatic carbocycles. The fourth-order valence-corrected chi connectivity index (χ4v) is 8.57. The maximum absolute atomic E-state index is 14.6. The van der Waals surface area contributed by atoms with Crippen LogP contribution in [-0.2, 0) is 29.1 Å². The number of benzene rings is 5. The van der Waals surface area contributed by atoms with Crippen molar-refractivity contribution in [2.45, 2.75) is 51.6 Å². The Morgan fingerprint density at radius 2 is 1.62 bits per heavy atom. The third kappa shape index (κ3) is 7.26. The molecule has 56 heavy (non-hydrogen) atoms. The Balaban J connectivity index is 1.07. The zero-order chi connectivity index (χ0) is 38.9. The Labute approximate surface area is 328 Å². The number of carbonyl (C=O) groups excluding carboxylic acids is 4. The predicted molar refractivity (Wildman–Crippen MR) is 218 cm³/mol. The molecule has 0 saturated carbocycles. The number of nitrogens with two attached hydrogens (primary N) is 1. The smallest absolute Gasteiger partial charge is 0.332 e. The molecule has 0 unspecified atom stereocenters. The van der Waals surface area contributed by atoms with Crippen LogP contribution in [0.5, 0.6) is 0 Å². The second-order valence-electron chi connectivity index (χ2n) is 14.4. The number of nitrogens with one attached hydrogen (secondary N) is 2. The van der Waals surface area contributed by atoms with Gasteiger partial charge in [0.25, 0.3) is 5.91 Å². The molecule has 13 heteroatoms. The first-order chi connectivity index (χ1) is 27.1. The Kier molecular flexibility index (Phi) is 10.1. The zero-order valence-electron chi connectivity index (χ0n) is 31.1. The van der Waals surface area contributed by atoms with E-state index in [9.17, 15) is 19.2 Å². The monoisotopic (exact) mass is 766 g/mol. The van der Waals surface area contributed by atoms with Gasteiger partial charge < -0.3 is 26.2 Å². The molecule has 2 aliphatic rings. The van der Waals surface area contributed by atoms with Gasteiger partial charge in [-0.25, -0.2) is 9.78 Å². The van der Waals surface area contributed by atoms with Gasteiger partial charge in [-0.1, -0.05) is 102 Å². The summed E-state index contributed by atoms with van der Waals surface area (Å²) in [5, 5.41) is 11.7. The lowest BCUT2D eigenvalue weighted by atomic mass is 9.99. The second kappa shape index (κ2) is 15.4. The average Bonchev–Trinajstić information content (AvgIpc) is 3.74. The quantitative estimate of drug-likeness (QED) is 0.150. The summed E-state index contributed by atoms with van der Waals surface area (Å²) in [6.07, 6.45) is -0.368. The maximum atomic E-state index is 14.6. The summed E-state index contributed by atoms with van der Waals surface area (Å²) in [4.78, 5) is 63.8. The van der Waals surface area contributed by atoms with Crippen molar-refractivity contribution in [3.8, 4) is 0 Å². The number of fused-ring (bicyclic) bond motifs is 3.